The number of aromatic nitrogens is 2. The Morgan fingerprint density at radius 3 is 3.00 bits per heavy atom. The summed E-state index contributed by atoms with van der Waals surface area (Å²) in [6.07, 6.45) is 7.62. The molecule has 132 valence electrons. The number of imidazole rings is 1. The second kappa shape index (κ2) is 6.62. The maximum absolute atomic E-state index is 14.0. The van der Waals surface area contributed by atoms with Crippen LogP contribution in [0.3, 0.4) is 0 Å². The molecule has 2 aromatic rings. The van der Waals surface area contributed by atoms with Gasteiger partial charge in [0.05, 0.1) is 6.04 Å². The van der Waals surface area contributed by atoms with Crippen molar-refractivity contribution in [2.75, 3.05) is 13.1 Å². The summed E-state index contributed by atoms with van der Waals surface area (Å²) in [6.45, 7) is 3.66. The molecule has 1 saturated carbocycles. The summed E-state index contributed by atoms with van der Waals surface area (Å²) >= 11 is 0. The van der Waals surface area contributed by atoms with Crippen LogP contribution >= 0.6 is 0 Å². The number of hydrogen-bond donors (Lipinski definition) is 0. The van der Waals surface area contributed by atoms with E-state index in [1.54, 1.807) is 6.07 Å². The molecule has 0 bridgehead atoms. The Hall–Kier alpha value is -2.17. The van der Waals surface area contributed by atoms with Gasteiger partial charge in [-0.3, -0.25) is 4.79 Å². The van der Waals surface area contributed by atoms with Crippen molar-refractivity contribution in [2.24, 2.45) is 5.92 Å². The van der Waals surface area contributed by atoms with E-state index in [2.05, 4.69) is 16.5 Å². The third kappa shape index (κ3) is 3.08. The van der Waals surface area contributed by atoms with Crippen molar-refractivity contribution in [1.82, 2.24) is 14.5 Å². The van der Waals surface area contributed by atoms with Crippen LogP contribution in [0.1, 0.15) is 49.5 Å². The number of halogens is 1. The van der Waals surface area contributed by atoms with Crippen molar-refractivity contribution < 1.29 is 9.18 Å². The number of piperidine rings is 1. The van der Waals surface area contributed by atoms with E-state index in [0.29, 0.717) is 11.6 Å². The molecule has 5 heteroatoms. The monoisotopic (exact) mass is 341 g/mol. The van der Waals surface area contributed by atoms with Crippen molar-refractivity contribution in [3.05, 3.63) is 53.9 Å². The summed E-state index contributed by atoms with van der Waals surface area (Å²) in [7, 11) is 0. The maximum Gasteiger partial charge on any atom is 0.226 e. The average molecular weight is 341 g/mol. The summed E-state index contributed by atoms with van der Waals surface area (Å²) in [6, 6.07) is 7.15. The molecule has 0 N–H and O–H groups in total. The summed E-state index contributed by atoms with van der Waals surface area (Å²) in [5, 5.41) is 0. The van der Waals surface area contributed by atoms with Crippen molar-refractivity contribution >= 4 is 5.91 Å². The fraction of sp³-hybridized carbons (Fsp3) is 0.500. The number of amides is 1. The van der Waals surface area contributed by atoms with E-state index in [4.69, 9.17) is 0 Å². The Morgan fingerprint density at radius 1 is 1.36 bits per heavy atom. The number of carbonyl (C=O) groups is 1. The topological polar surface area (TPSA) is 38.1 Å². The molecular weight excluding hydrogens is 317 g/mol. The van der Waals surface area contributed by atoms with Crippen LogP contribution in [0, 0.1) is 11.7 Å². The van der Waals surface area contributed by atoms with E-state index >= 15 is 0 Å². The Balaban J connectivity index is 1.44. The average Bonchev–Trinajstić information content (AvgIpc) is 3.29. The first-order chi connectivity index (χ1) is 12.2. The van der Waals surface area contributed by atoms with Crippen LogP contribution in [0.25, 0.3) is 0 Å². The van der Waals surface area contributed by atoms with Gasteiger partial charge in [0.25, 0.3) is 0 Å². The molecule has 3 atom stereocenters. The molecule has 1 aliphatic heterocycles. The third-order valence-corrected chi connectivity index (χ3v) is 5.58. The number of nitrogens with zero attached hydrogens (tertiary/aromatic N) is 3. The van der Waals surface area contributed by atoms with Gasteiger partial charge in [-0.05, 0) is 36.8 Å². The molecule has 2 aliphatic rings. The lowest BCUT2D eigenvalue weighted by Gasteiger charge is -2.34. The van der Waals surface area contributed by atoms with Gasteiger partial charge in [-0.25, -0.2) is 9.37 Å². The van der Waals surface area contributed by atoms with E-state index in [1.165, 1.54) is 6.07 Å². The molecular formula is C20H24FN3O. The maximum atomic E-state index is 14.0. The first-order valence-electron chi connectivity index (χ1n) is 9.24. The predicted octanol–water partition coefficient (Wildman–Crippen LogP) is 3.55. The number of benzene rings is 1. The summed E-state index contributed by atoms with van der Waals surface area (Å²) in [4.78, 5) is 19.3. The minimum absolute atomic E-state index is 0.0496. The molecule has 0 spiro atoms. The quantitative estimate of drug-likeness (QED) is 0.853. The second-order valence-electron chi connectivity index (χ2n) is 7.15. The SMILES string of the molecule is CCc1nccn1[C@@H]1CCCN(C(=O)[C@@H]2C[C@H]2c2ccccc2F)C1. The highest BCUT2D eigenvalue weighted by molar-refractivity contribution is 5.83. The molecule has 4 rings (SSSR count). The minimum Gasteiger partial charge on any atom is -0.340 e. The van der Waals surface area contributed by atoms with Crippen molar-refractivity contribution in [2.45, 2.75) is 44.6 Å². The molecule has 2 fully saturated rings. The zero-order chi connectivity index (χ0) is 17.4. The molecule has 4 nitrogen and oxygen atoms in total. The van der Waals surface area contributed by atoms with Crippen molar-refractivity contribution in [3.8, 4) is 0 Å². The van der Waals surface area contributed by atoms with Crippen molar-refractivity contribution in [1.29, 1.82) is 0 Å². The molecule has 1 aromatic heterocycles. The highest BCUT2D eigenvalue weighted by Gasteiger charge is 2.47. The highest BCUT2D eigenvalue weighted by atomic mass is 19.1. The van der Waals surface area contributed by atoms with Crippen LogP contribution in [0.15, 0.2) is 36.7 Å². The molecule has 1 aliphatic carbocycles. The number of aryl methyl sites for hydroxylation is 1. The lowest BCUT2D eigenvalue weighted by molar-refractivity contribution is -0.134. The molecule has 0 radical (unpaired) electrons. The van der Waals surface area contributed by atoms with Gasteiger partial charge in [-0.2, -0.15) is 0 Å². The number of rotatable bonds is 4. The highest BCUT2D eigenvalue weighted by Crippen LogP contribution is 2.49. The van der Waals surface area contributed by atoms with Crippen LogP contribution < -0.4 is 0 Å². The van der Waals surface area contributed by atoms with Gasteiger partial charge in [0.2, 0.25) is 5.91 Å². The first-order valence-corrected chi connectivity index (χ1v) is 9.24. The standard InChI is InChI=1S/C20H24FN3O/c1-2-19-22-9-11-24(19)14-6-5-10-23(13-14)20(25)17-12-16(17)15-7-3-4-8-18(15)21/h3-4,7-9,11,14,16-17H,2,5-6,10,12-13H2,1H3/t14-,16+,17-/m1/s1. The van der Waals surface area contributed by atoms with Gasteiger partial charge in [0, 0.05) is 37.8 Å². The van der Waals surface area contributed by atoms with Gasteiger partial charge in [0.1, 0.15) is 11.6 Å². The lowest BCUT2D eigenvalue weighted by atomic mass is 10.0. The van der Waals surface area contributed by atoms with Gasteiger partial charge in [-0.15, -0.1) is 0 Å². The van der Waals surface area contributed by atoms with Crippen molar-refractivity contribution in [3.63, 3.8) is 0 Å². The van der Waals surface area contributed by atoms with Gasteiger partial charge >= 0.3 is 0 Å². The lowest BCUT2D eigenvalue weighted by Crippen LogP contribution is -2.41. The van der Waals surface area contributed by atoms with E-state index in [1.807, 2.05) is 29.4 Å². The van der Waals surface area contributed by atoms with Gasteiger partial charge in [0.15, 0.2) is 0 Å². The smallest absolute Gasteiger partial charge is 0.226 e. The van der Waals surface area contributed by atoms with Crippen LogP contribution in [-0.4, -0.2) is 33.4 Å². The molecule has 1 aromatic carbocycles. The van der Waals surface area contributed by atoms with E-state index < -0.39 is 0 Å². The molecule has 0 unspecified atom stereocenters. The van der Waals surface area contributed by atoms with E-state index in [-0.39, 0.29) is 23.6 Å². The minimum atomic E-state index is -0.190. The molecule has 25 heavy (non-hydrogen) atoms. The zero-order valence-corrected chi connectivity index (χ0v) is 14.6. The second-order valence-corrected chi connectivity index (χ2v) is 7.15. The summed E-state index contributed by atoms with van der Waals surface area (Å²) < 4.78 is 16.2. The van der Waals surface area contributed by atoms with Gasteiger partial charge < -0.3 is 9.47 Å². The Bertz CT molecular complexity index is 772. The normalized spacial score (nSPS) is 25.8. The van der Waals surface area contributed by atoms with Crippen LogP contribution in [-0.2, 0) is 11.2 Å². The number of likely N-dealkylation sites (tertiary alicyclic amines) is 1. The summed E-state index contributed by atoms with van der Waals surface area (Å²) in [5.74, 6) is 1.08. The predicted molar refractivity (Wildman–Crippen MR) is 93.7 cm³/mol. The largest absolute Gasteiger partial charge is 0.340 e. The fourth-order valence-electron chi connectivity index (χ4n) is 4.15. The Kier molecular flexibility index (Phi) is 4.32. The van der Waals surface area contributed by atoms with Crippen LogP contribution in [0.2, 0.25) is 0 Å². The zero-order valence-electron chi connectivity index (χ0n) is 14.6. The van der Waals surface area contributed by atoms with Crippen LogP contribution in [0.5, 0.6) is 0 Å². The van der Waals surface area contributed by atoms with E-state index in [9.17, 15) is 9.18 Å². The molecule has 2 heterocycles. The Morgan fingerprint density at radius 2 is 2.20 bits per heavy atom. The van der Waals surface area contributed by atoms with Crippen LogP contribution in [0.4, 0.5) is 4.39 Å². The van der Waals surface area contributed by atoms with E-state index in [0.717, 1.165) is 44.6 Å². The fourth-order valence-corrected chi connectivity index (χ4v) is 4.15. The first kappa shape index (κ1) is 16.3. The summed E-state index contributed by atoms with van der Waals surface area (Å²) in [5.41, 5.74) is 0.692. The number of carbonyl (C=O) groups excluding carboxylic acids is 1. The third-order valence-electron chi connectivity index (χ3n) is 5.58. The number of hydrogen-bond acceptors (Lipinski definition) is 2. The molecule has 1 saturated heterocycles. The van der Waals surface area contributed by atoms with Gasteiger partial charge in [-0.1, -0.05) is 25.1 Å². The molecule has 1 amide bonds. The Labute approximate surface area is 147 Å².